The second-order valence-electron chi connectivity index (χ2n) is 6.68. The van der Waals surface area contributed by atoms with Gasteiger partial charge in [0.25, 0.3) is 5.91 Å². The minimum absolute atomic E-state index is 0.305. The highest BCUT2D eigenvalue weighted by Gasteiger charge is 2.28. The number of halogens is 1. The van der Waals surface area contributed by atoms with Gasteiger partial charge < -0.3 is 10.1 Å². The number of nitrogens with one attached hydrogen (secondary N) is 1. The first-order valence-electron chi connectivity index (χ1n) is 9.03. The summed E-state index contributed by atoms with van der Waals surface area (Å²) in [5.74, 6) is -0.673. The van der Waals surface area contributed by atoms with Crippen LogP contribution >= 0.6 is 0 Å². The standard InChI is InChI=1S/C20H17FN4O4/c21-14-8-9-17(25(27)28)18(10-14)29-12-20(26)22-19-11-16(13-6-7-13)23-24(19)15-4-2-1-3-5-15/h1-5,8-11,13H,6-7,12H2,(H,22,26). The minimum Gasteiger partial charge on any atom is -0.477 e. The summed E-state index contributed by atoms with van der Waals surface area (Å²) >= 11 is 0. The van der Waals surface area contributed by atoms with Crippen molar-refractivity contribution in [2.45, 2.75) is 18.8 Å². The molecule has 1 aliphatic rings. The van der Waals surface area contributed by atoms with Crippen molar-refractivity contribution in [1.29, 1.82) is 0 Å². The van der Waals surface area contributed by atoms with E-state index in [9.17, 15) is 19.3 Å². The molecule has 1 fully saturated rings. The van der Waals surface area contributed by atoms with Crippen LogP contribution in [0.1, 0.15) is 24.5 Å². The van der Waals surface area contributed by atoms with E-state index in [-0.39, 0.29) is 5.75 Å². The fourth-order valence-corrected chi connectivity index (χ4v) is 2.91. The maximum atomic E-state index is 13.4. The lowest BCUT2D eigenvalue weighted by atomic mass is 10.3. The average molecular weight is 396 g/mol. The quantitative estimate of drug-likeness (QED) is 0.484. The molecule has 0 bridgehead atoms. The zero-order valence-corrected chi connectivity index (χ0v) is 15.2. The van der Waals surface area contributed by atoms with Gasteiger partial charge in [0.05, 0.1) is 16.3 Å². The molecule has 29 heavy (non-hydrogen) atoms. The second kappa shape index (κ2) is 7.70. The summed E-state index contributed by atoms with van der Waals surface area (Å²) in [6, 6.07) is 14.0. The number of benzene rings is 2. The Morgan fingerprint density at radius 3 is 2.69 bits per heavy atom. The van der Waals surface area contributed by atoms with Gasteiger partial charge in [0.1, 0.15) is 11.6 Å². The predicted octanol–water partition coefficient (Wildman–Crippen LogP) is 3.81. The van der Waals surface area contributed by atoms with Gasteiger partial charge in [-0.25, -0.2) is 9.07 Å². The van der Waals surface area contributed by atoms with Gasteiger partial charge in [-0.2, -0.15) is 5.10 Å². The summed E-state index contributed by atoms with van der Waals surface area (Å²) in [4.78, 5) is 22.7. The number of para-hydroxylation sites is 1. The summed E-state index contributed by atoms with van der Waals surface area (Å²) in [6.45, 7) is -0.511. The Labute approximate surface area is 165 Å². The molecule has 9 heteroatoms. The summed E-state index contributed by atoms with van der Waals surface area (Å²) in [5.41, 5.74) is 1.27. The number of carbonyl (C=O) groups is 1. The number of aromatic nitrogens is 2. The Morgan fingerprint density at radius 2 is 2.00 bits per heavy atom. The van der Waals surface area contributed by atoms with Crippen molar-refractivity contribution < 1.29 is 18.8 Å². The Hall–Kier alpha value is -3.75. The van der Waals surface area contributed by atoms with E-state index >= 15 is 0 Å². The van der Waals surface area contributed by atoms with Crippen LogP contribution in [-0.2, 0) is 4.79 Å². The topological polar surface area (TPSA) is 99.3 Å². The van der Waals surface area contributed by atoms with Crippen LogP contribution in [-0.4, -0.2) is 27.2 Å². The van der Waals surface area contributed by atoms with E-state index in [1.807, 2.05) is 36.4 Å². The highest BCUT2D eigenvalue weighted by Crippen LogP contribution is 2.40. The fourth-order valence-electron chi connectivity index (χ4n) is 2.91. The molecule has 2 aromatic carbocycles. The van der Waals surface area contributed by atoms with Crippen molar-refractivity contribution in [3.8, 4) is 11.4 Å². The van der Waals surface area contributed by atoms with Crippen molar-refractivity contribution in [3.05, 3.63) is 76.2 Å². The van der Waals surface area contributed by atoms with Crippen LogP contribution in [0.25, 0.3) is 5.69 Å². The molecule has 148 valence electrons. The molecule has 0 unspecified atom stereocenters. The van der Waals surface area contributed by atoms with Gasteiger partial charge >= 0.3 is 5.69 Å². The van der Waals surface area contributed by atoms with E-state index in [0.29, 0.717) is 11.7 Å². The number of nitro groups is 1. The van der Waals surface area contributed by atoms with Gasteiger partial charge in [-0.15, -0.1) is 0 Å². The molecule has 0 spiro atoms. The van der Waals surface area contributed by atoms with Gasteiger partial charge in [-0.05, 0) is 31.0 Å². The van der Waals surface area contributed by atoms with Gasteiger partial charge in [0.2, 0.25) is 5.75 Å². The molecule has 1 heterocycles. The predicted molar refractivity (Wildman–Crippen MR) is 103 cm³/mol. The summed E-state index contributed by atoms with van der Waals surface area (Å²) in [7, 11) is 0. The molecule has 1 amide bonds. The Bertz CT molecular complexity index is 1060. The number of hydrogen-bond acceptors (Lipinski definition) is 5. The molecule has 1 aliphatic carbocycles. The highest BCUT2D eigenvalue weighted by atomic mass is 19.1. The van der Waals surface area contributed by atoms with Crippen LogP contribution < -0.4 is 10.1 Å². The SMILES string of the molecule is O=C(COc1cc(F)ccc1[N+](=O)[O-])Nc1cc(C2CC2)nn1-c1ccccc1. The van der Waals surface area contributed by atoms with E-state index in [4.69, 9.17) is 4.74 Å². The minimum atomic E-state index is -0.695. The van der Waals surface area contributed by atoms with Crippen molar-refractivity contribution in [3.63, 3.8) is 0 Å². The number of amides is 1. The van der Waals surface area contributed by atoms with Crippen LogP contribution in [0.15, 0.2) is 54.6 Å². The van der Waals surface area contributed by atoms with E-state index < -0.39 is 28.9 Å². The summed E-state index contributed by atoms with van der Waals surface area (Å²) in [5, 5.41) is 18.3. The average Bonchev–Trinajstić information content (AvgIpc) is 3.48. The van der Waals surface area contributed by atoms with Crippen LogP contribution in [0.5, 0.6) is 5.75 Å². The third kappa shape index (κ3) is 4.23. The van der Waals surface area contributed by atoms with Crippen LogP contribution in [0.3, 0.4) is 0 Å². The molecule has 8 nitrogen and oxygen atoms in total. The number of hydrogen-bond donors (Lipinski definition) is 1. The molecule has 1 N–H and O–H groups in total. The lowest BCUT2D eigenvalue weighted by molar-refractivity contribution is -0.385. The second-order valence-corrected chi connectivity index (χ2v) is 6.68. The van der Waals surface area contributed by atoms with Crippen LogP contribution in [0, 0.1) is 15.9 Å². The number of nitrogens with zero attached hydrogens (tertiary/aromatic N) is 3. The Balaban J connectivity index is 1.51. The van der Waals surface area contributed by atoms with E-state index in [2.05, 4.69) is 10.4 Å². The van der Waals surface area contributed by atoms with Gasteiger partial charge in [-0.1, -0.05) is 18.2 Å². The third-order valence-corrected chi connectivity index (χ3v) is 4.47. The van der Waals surface area contributed by atoms with E-state index in [0.717, 1.165) is 42.4 Å². The summed E-state index contributed by atoms with van der Waals surface area (Å²) < 4.78 is 20.2. The molecular formula is C20H17FN4O4. The largest absolute Gasteiger partial charge is 0.477 e. The van der Waals surface area contributed by atoms with E-state index in [1.54, 1.807) is 4.68 Å². The maximum absolute atomic E-state index is 13.4. The molecule has 0 atom stereocenters. The smallest absolute Gasteiger partial charge is 0.311 e. The number of carbonyl (C=O) groups excluding carboxylic acids is 1. The van der Waals surface area contributed by atoms with Crippen LogP contribution in [0.4, 0.5) is 15.9 Å². The first-order chi connectivity index (χ1) is 14.0. The first kappa shape index (κ1) is 18.6. The zero-order chi connectivity index (χ0) is 20.4. The molecule has 0 aliphatic heterocycles. The monoisotopic (exact) mass is 396 g/mol. The maximum Gasteiger partial charge on any atom is 0.311 e. The lowest BCUT2D eigenvalue weighted by Crippen LogP contribution is -2.22. The number of rotatable bonds is 7. The number of anilines is 1. The third-order valence-electron chi connectivity index (χ3n) is 4.47. The van der Waals surface area contributed by atoms with Crippen molar-refractivity contribution >= 4 is 17.4 Å². The fraction of sp³-hybridized carbons (Fsp3) is 0.200. The molecular weight excluding hydrogens is 379 g/mol. The Morgan fingerprint density at radius 1 is 1.24 bits per heavy atom. The molecule has 1 aromatic heterocycles. The first-order valence-corrected chi connectivity index (χ1v) is 9.03. The van der Waals surface area contributed by atoms with Crippen molar-refractivity contribution in [1.82, 2.24) is 9.78 Å². The van der Waals surface area contributed by atoms with E-state index in [1.165, 1.54) is 0 Å². The normalized spacial score (nSPS) is 13.1. The van der Waals surface area contributed by atoms with Gasteiger partial charge in [0.15, 0.2) is 6.61 Å². The van der Waals surface area contributed by atoms with Gasteiger partial charge in [-0.3, -0.25) is 14.9 Å². The Kier molecular flexibility index (Phi) is 4.94. The lowest BCUT2D eigenvalue weighted by Gasteiger charge is -2.10. The molecule has 4 rings (SSSR count). The van der Waals surface area contributed by atoms with Crippen LogP contribution in [0.2, 0.25) is 0 Å². The number of nitro benzene ring substituents is 1. The zero-order valence-electron chi connectivity index (χ0n) is 15.2. The molecule has 3 aromatic rings. The number of ether oxygens (including phenoxy) is 1. The highest BCUT2D eigenvalue weighted by molar-refractivity contribution is 5.91. The molecule has 1 saturated carbocycles. The summed E-state index contributed by atoms with van der Waals surface area (Å²) in [6.07, 6.45) is 2.12. The van der Waals surface area contributed by atoms with Gasteiger partial charge in [0, 0.05) is 24.1 Å². The van der Waals surface area contributed by atoms with Crippen molar-refractivity contribution in [2.75, 3.05) is 11.9 Å². The molecule has 0 radical (unpaired) electrons. The molecule has 0 saturated heterocycles. The van der Waals surface area contributed by atoms with Crippen molar-refractivity contribution in [2.24, 2.45) is 0 Å².